The first-order valence-electron chi connectivity index (χ1n) is 6.16. The maximum Gasteiger partial charge on any atom is 0.308 e. The second-order valence-corrected chi connectivity index (χ2v) is 4.72. The summed E-state index contributed by atoms with van der Waals surface area (Å²) in [4.78, 5) is 24.6. The Bertz CT molecular complexity index is 613. The third kappa shape index (κ3) is 2.07. The van der Waals surface area contributed by atoms with Crippen LogP contribution in [-0.2, 0) is 4.79 Å². The van der Waals surface area contributed by atoms with E-state index >= 15 is 0 Å². The maximum atomic E-state index is 12.2. The van der Waals surface area contributed by atoms with Gasteiger partial charge in [-0.3, -0.25) is 9.59 Å². The number of benzene rings is 1. The van der Waals surface area contributed by atoms with Gasteiger partial charge >= 0.3 is 5.97 Å². The van der Waals surface area contributed by atoms with Crippen LogP contribution in [0.2, 0.25) is 0 Å². The van der Waals surface area contributed by atoms with E-state index in [1.165, 1.54) is 4.90 Å². The molecule has 19 heavy (non-hydrogen) atoms. The normalized spacial score (nSPS) is 18.9. The summed E-state index contributed by atoms with van der Waals surface area (Å²) >= 11 is 0. The predicted octanol–water partition coefficient (Wildman–Crippen LogP) is 1.98. The van der Waals surface area contributed by atoms with Crippen LogP contribution in [0.5, 0.6) is 0 Å². The highest BCUT2D eigenvalue weighted by Crippen LogP contribution is 2.23. The molecule has 1 aromatic heterocycles. The summed E-state index contributed by atoms with van der Waals surface area (Å²) in [6.45, 7) is 0.720. The van der Waals surface area contributed by atoms with Crippen molar-refractivity contribution in [2.45, 2.75) is 6.42 Å². The van der Waals surface area contributed by atoms with Crippen molar-refractivity contribution in [3.05, 3.63) is 36.1 Å². The van der Waals surface area contributed by atoms with Gasteiger partial charge in [0.1, 0.15) is 5.58 Å². The van der Waals surface area contributed by atoms with E-state index in [2.05, 4.69) is 0 Å². The average molecular weight is 259 g/mol. The molecule has 1 aliphatic heterocycles. The van der Waals surface area contributed by atoms with E-state index in [0.717, 1.165) is 5.39 Å². The molecule has 2 aromatic rings. The molecule has 1 atom stereocenters. The molecule has 1 aliphatic rings. The zero-order valence-corrected chi connectivity index (χ0v) is 10.2. The van der Waals surface area contributed by atoms with E-state index in [0.29, 0.717) is 18.5 Å². The van der Waals surface area contributed by atoms with E-state index in [-0.39, 0.29) is 18.2 Å². The molecule has 0 radical (unpaired) electrons. The van der Waals surface area contributed by atoms with Crippen molar-refractivity contribution in [3.63, 3.8) is 0 Å². The number of aliphatic carboxylic acids is 1. The zero-order chi connectivity index (χ0) is 13.4. The highest BCUT2D eigenvalue weighted by atomic mass is 16.4. The van der Waals surface area contributed by atoms with Crippen LogP contribution in [0.4, 0.5) is 0 Å². The molecule has 1 amide bonds. The third-order valence-electron chi connectivity index (χ3n) is 3.46. The van der Waals surface area contributed by atoms with Crippen molar-refractivity contribution < 1.29 is 19.1 Å². The SMILES string of the molecule is O=C(O)[C@H]1CCN(C(=O)c2cc3ccccc3o2)C1. The average Bonchev–Trinajstić information content (AvgIpc) is 3.04. The Hall–Kier alpha value is -2.30. The maximum absolute atomic E-state index is 12.2. The van der Waals surface area contributed by atoms with Crippen molar-refractivity contribution in [1.29, 1.82) is 0 Å². The van der Waals surface area contributed by atoms with Gasteiger partial charge in [0.15, 0.2) is 5.76 Å². The lowest BCUT2D eigenvalue weighted by atomic mass is 10.1. The second-order valence-electron chi connectivity index (χ2n) is 4.72. The van der Waals surface area contributed by atoms with Crippen molar-refractivity contribution >= 4 is 22.8 Å². The van der Waals surface area contributed by atoms with Gasteiger partial charge in [-0.15, -0.1) is 0 Å². The molecule has 1 saturated heterocycles. The van der Waals surface area contributed by atoms with Crippen LogP contribution in [0.25, 0.3) is 11.0 Å². The fourth-order valence-electron chi connectivity index (χ4n) is 2.39. The van der Waals surface area contributed by atoms with Crippen LogP contribution in [0.1, 0.15) is 17.0 Å². The van der Waals surface area contributed by atoms with Gasteiger partial charge in [0.2, 0.25) is 0 Å². The second kappa shape index (κ2) is 4.42. The minimum Gasteiger partial charge on any atom is -0.481 e. The summed E-state index contributed by atoms with van der Waals surface area (Å²) in [5.41, 5.74) is 0.667. The molecular formula is C14H13NO4. The van der Waals surface area contributed by atoms with Gasteiger partial charge in [0.25, 0.3) is 5.91 Å². The number of carboxylic acid groups (broad SMARTS) is 1. The van der Waals surface area contributed by atoms with Crippen LogP contribution in [-0.4, -0.2) is 35.0 Å². The van der Waals surface area contributed by atoms with Crippen molar-refractivity contribution in [1.82, 2.24) is 4.90 Å². The summed E-state index contributed by atoms with van der Waals surface area (Å²) in [6, 6.07) is 9.10. The summed E-state index contributed by atoms with van der Waals surface area (Å²) < 4.78 is 5.50. The molecule has 1 aromatic carbocycles. The molecule has 1 N–H and O–H groups in total. The zero-order valence-electron chi connectivity index (χ0n) is 10.2. The molecule has 0 aliphatic carbocycles. The first-order chi connectivity index (χ1) is 9.15. The number of likely N-dealkylation sites (tertiary alicyclic amines) is 1. The monoisotopic (exact) mass is 259 g/mol. The summed E-state index contributed by atoms with van der Waals surface area (Å²) in [7, 11) is 0. The number of carbonyl (C=O) groups is 2. The molecule has 0 spiro atoms. The number of amides is 1. The molecule has 2 heterocycles. The van der Waals surface area contributed by atoms with Gasteiger partial charge in [0, 0.05) is 18.5 Å². The Balaban J connectivity index is 1.82. The van der Waals surface area contributed by atoms with Crippen LogP contribution in [0.15, 0.2) is 34.7 Å². The van der Waals surface area contributed by atoms with Crippen molar-refractivity contribution in [3.8, 4) is 0 Å². The number of carboxylic acids is 1. The van der Waals surface area contributed by atoms with Gasteiger partial charge in [-0.05, 0) is 18.6 Å². The van der Waals surface area contributed by atoms with Gasteiger partial charge in [-0.25, -0.2) is 0 Å². The molecule has 5 heteroatoms. The number of hydrogen-bond donors (Lipinski definition) is 1. The number of fused-ring (bicyclic) bond motifs is 1. The Labute approximate surface area is 109 Å². The van der Waals surface area contributed by atoms with E-state index in [9.17, 15) is 9.59 Å². The number of hydrogen-bond acceptors (Lipinski definition) is 3. The summed E-state index contributed by atoms with van der Waals surface area (Å²) in [6.07, 6.45) is 0.501. The lowest BCUT2D eigenvalue weighted by Crippen LogP contribution is -2.29. The van der Waals surface area contributed by atoms with E-state index in [1.54, 1.807) is 12.1 Å². The molecular weight excluding hydrogens is 246 g/mol. The lowest BCUT2D eigenvalue weighted by molar-refractivity contribution is -0.141. The molecule has 3 rings (SSSR count). The minimum absolute atomic E-state index is 0.236. The largest absolute Gasteiger partial charge is 0.481 e. The molecule has 5 nitrogen and oxygen atoms in total. The van der Waals surface area contributed by atoms with Crippen LogP contribution in [0.3, 0.4) is 0 Å². The Kier molecular flexibility index (Phi) is 2.74. The highest BCUT2D eigenvalue weighted by Gasteiger charge is 2.32. The van der Waals surface area contributed by atoms with Crippen molar-refractivity contribution in [2.24, 2.45) is 5.92 Å². The first-order valence-corrected chi connectivity index (χ1v) is 6.16. The number of nitrogens with zero attached hydrogens (tertiary/aromatic N) is 1. The standard InChI is InChI=1S/C14H13NO4/c16-13(15-6-5-10(8-15)14(17)18)12-7-9-3-1-2-4-11(9)19-12/h1-4,7,10H,5-6,8H2,(H,17,18)/t10-/m0/s1. The fourth-order valence-corrected chi connectivity index (χ4v) is 2.39. The molecule has 98 valence electrons. The number of furan rings is 1. The molecule has 0 saturated carbocycles. The summed E-state index contributed by atoms with van der Waals surface area (Å²) in [5, 5.41) is 9.81. The number of para-hydroxylation sites is 1. The molecule has 1 fully saturated rings. The van der Waals surface area contributed by atoms with Crippen LogP contribution in [0, 0.1) is 5.92 Å². The van der Waals surface area contributed by atoms with E-state index in [1.807, 2.05) is 18.2 Å². The fraction of sp³-hybridized carbons (Fsp3) is 0.286. The van der Waals surface area contributed by atoms with Crippen LogP contribution < -0.4 is 0 Å². The lowest BCUT2D eigenvalue weighted by Gasteiger charge is -2.13. The van der Waals surface area contributed by atoms with E-state index < -0.39 is 11.9 Å². The van der Waals surface area contributed by atoms with E-state index in [4.69, 9.17) is 9.52 Å². The summed E-state index contributed by atoms with van der Waals surface area (Å²) in [5.74, 6) is -1.28. The smallest absolute Gasteiger partial charge is 0.308 e. The first kappa shape index (κ1) is 11.8. The van der Waals surface area contributed by atoms with Gasteiger partial charge in [0.05, 0.1) is 5.92 Å². The van der Waals surface area contributed by atoms with Gasteiger partial charge in [-0.2, -0.15) is 0 Å². The molecule has 0 unspecified atom stereocenters. The number of carbonyl (C=O) groups excluding carboxylic acids is 1. The van der Waals surface area contributed by atoms with Gasteiger partial charge < -0.3 is 14.4 Å². The Morgan fingerprint density at radius 3 is 2.79 bits per heavy atom. The number of rotatable bonds is 2. The predicted molar refractivity (Wildman–Crippen MR) is 67.9 cm³/mol. The third-order valence-corrected chi connectivity index (χ3v) is 3.46. The minimum atomic E-state index is -0.847. The topological polar surface area (TPSA) is 70.8 Å². The molecule has 0 bridgehead atoms. The Morgan fingerprint density at radius 2 is 2.11 bits per heavy atom. The Morgan fingerprint density at radius 1 is 1.32 bits per heavy atom. The van der Waals surface area contributed by atoms with Crippen molar-refractivity contribution in [2.75, 3.05) is 13.1 Å². The quantitative estimate of drug-likeness (QED) is 0.895. The highest BCUT2D eigenvalue weighted by molar-refractivity contribution is 5.96. The van der Waals surface area contributed by atoms with Gasteiger partial charge in [-0.1, -0.05) is 18.2 Å². The van der Waals surface area contributed by atoms with Crippen LogP contribution >= 0.6 is 0 Å².